The highest BCUT2D eigenvalue weighted by Crippen LogP contribution is 2.28. The van der Waals surface area contributed by atoms with Crippen molar-refractivity contribution in [1.82, 2.24) is 19.0 Å². The summed E-state index contributed by atoms with van der Waals surface area (Å²) in [7, 11) is 0. The molecule has 9 heteroatoms. The Bertz CT molecular complexity index is 1510. The summed E-state index contributed by atoms with van der Waals surface area (Å²) in [6.45, 7) is 4.29. The highest BCUT2D eigenvalue weighted by Gasteiger charge is 2.13. The maximum Gasteiger partial charge on any atom is 0.257 e. The average Bonchev–Trinajstić information content (AvgIpc) is 3.44. The van der Waals surface area contributed by atoms with Gasteiger partial charge in [-0.25, -0.2) is 4.98 Å². The van der Waals surface area contributed by atoms with E-state index in [1.54, 1.807) is 18.2 Å². The number of rotatable bonds is 4. The maximum absolute atomic E-state index is 12.6. The quantitative estimate of drug-likeness (QED) is 0.321. The molecule has 1 amide bonds. The summed E-state index contributed by atoms with van der Waals surface area (Å²) in [4.78, 5) is 17.2. The first-order valence-electron chi connectivity index (χ1n) is 10.3. The third kappa shape index (κ3) is 4.46. The fourth-order valence-corrected chi connectivity index (χ4v) is 4.15. The Hall–Kier alpha value is -3.69. The minimum Gasteiger partial charge on any atom is -0.436 e. The maximum atomic E-state index is 12.6. The molecule has 0 aliphatic rings. The lowest BCUT2D eigenvalue weighted by Gasteiger charge is -2.10. The molecule has 0 atom stereocenters. The lowest BCUT2D eigenvalue weighted by Crippen LogP contribution is -2.34. The molecule has 0 unspecified atom stereocenters. The number of hydrogen-bond acceptors (Lipinski definition) is 7. The van der Waals surface area contributed by atoms with Crippen LogP contribution in [0, 0.1) is 0 Å². The molecule has 7 nitrogen and oxygen atoms in total. The predicted molar refractivity (Wildman–Crippen MR) is 135 cm³/mol. The van der Waals surface area contributed by atoms with E-state index in [2.05, 4.69) is 50.3 Å². The van der Waals surface area contributed by atoms with Gasteiger partial charge in [0.05, 0.1) is 11.7 Å². The Morgan fingerprint density at radius 2 is 1.85 bits per heavy atom. The van der Waals surface area contributed by atoms with E-state index in [9.17, 15) is 4.79 Å². The number of nitrogens with zero attached hydrogens (tertiary/aromatic N) is 3. The predicted octanol–water partition coefficient (Wildman–Crippen LogP) is 5.75. The van der Waals surface area contributed by atoms with Gasteiger partial charge in [0.25, 0.3) is 5.91 Å². The van der Waals surface area contributed by atoms with E-state index in [0.29, 0.717) is 28.6 Å². The molecule has 5 rings (SSSR count). The summed E-state index contributed by atoms with van der Waals surface area (Å²) >= 11 is 6.44. The van der Waals surface area contributed by atoms with Crippen LogP contribution in [0.15, 0.2) is 65.1 Å². The zero-order valence-electron chi connectivity index (χ0n) is 17.8. The molecule has 2 aromatic heterocycles. The van der Waals surface area contributed by atoms with Crippen LogP contribution in [0.3, 0.4) is 0 Å². The molecule has 33 heavy (non-hydrogen) atoms. The largest absolute Gasteiger partial charge is 0.436 e. The standard InChI is InChI=1S/C24H19N5O2S2/c1-13(2)14-7-9-21-20(11-14)26-23(31-21)16-4-3-5-17(10-16)25-24(32)27-22(30)15-6-8-18-19(12-15)29-33-28-18/h3-13H,1-2H3,(H2,25,27,30,32). The van der Waals surface area contributed by atoms with Gasteiger partial charge in [-0.2, -0.15) is 8.75 Å². The second kappa shape index (κ2) is 8.68. The van der Waals surface area contributed by atoms with Crippen molar-refractivity contribution in [3.63, 3.8) is 0 Å². The number of thiocarbonyl (C=S) groups is 1. The summed E-state index contributed by atoms with van der Waals surface area (Å²) < 4.78 is 14.3. The molecule has 2 heterocycles. The van der Waals surface area contributed by atoms with Crippen LogP contribution in [-0.2, 0) is 0 Å². The van der Waals surface area contributed by atoms with Crippen LogP contribution in [0.4, 0.5) is 5.69 Å². The van der Waals surface area contributed by atoms with E-state index in [-0.39, 0.29) is 11.0 Å². The Morgan fingerprint density at radius 1 is 1.00 bits per heavy atom. The highest BCUT2D eigenvalue weighted by atomic mass is 32.1. The van der Waals surface area contributed by atoms with Gasteiger partial charge in [0.15, 0.2) is 10.7 Å². The van der Waals surface area contributed by atoms with Gasteiger partial charge < -0.3 is 9.73 Å². The second-order valence-corrected chi connectivity index (χ2v) is 8.79. The lowest BCUT2D eigenvalue weighted by molar-refractivity contribution is 0.0978. The Morgan fingerprint density at radius 3 is 2.70 bits per heavy atom. The molecule has 3 aromatic carbocycles. The molecule has 2 N–H and O–H groups in total. The third-order valence-corrected chi connectivity index (χ3v) is 5.95. The van der Waals surface area contributed by atoms with Crippen LogP contribution >= 0.6 is 23.9 Å². The zero-order chi connectivity index (χ0) is 22.9. The molecule has 0 aliphatic carbocycles. The number of aromatic nitrogens is 3. The Kier molecular flexibility index (Phi) is 5.57. The average molecular weight is 474 g/mol. The number of carbonyl (C=O) groups is 1. The van der Waals surface area contributed by atoms with Crippen molar-refractivity contribution in [1.29, 1.82) is 0 Å². The third-order valence-electron chi connectivity index (χ3n) is 5.19. The summed E-state index contributed by atoms with van der Waals surface area (Å²) in [6.07, 6.45) is 0. The smallest absolute Gasteiger partial charge is 0.257 e. The van der Waals surface area contributed by atoms with Crippen LogP contribution in [0.2, 0.25) is 0 Å². The summed E-state index contributed by atoms with van der Waals surface area (Å²) in [5, 5.41) is 5.93. The minimum absolute atomic E-state index is 0.188. The SMILES string of the molecule is CC(C)c1ccc2oc(-c3cccc(NC(=S)NC(=O)c4ccc5nsnc5c4)c3)nc2c1. The monoisotopic (exact) mass is 473 g/mol. The topological polar surface area (TPSA) is 92.9 Å². The lowest BCUT2D eigenvalue weighted by atomic mass is 10.0. The van der Waals surface area contributed by atoms with E-state index >= 15 is 0 Å². The van der Waals surface area contributed by atoms with E-state index in [4.69, 9.17) is 16.6 Å². The number of benzene rings is 3. The fraction of sp³-hybridized carbons (Fsp3) is 0.125. The van der Waals surface area contributed by atoms with Gasteiger partial charge in [0, 0.05) is 16.8 Å². The van der Waals surface area contributed by atoms with Crippen molar-refractivity contribution in [2.75, 3.05) is 5.32 Å². The normalized spacial score (nSPS) is 11.2. The van der Waals surface area contributed by atoms with Crippen molar-refractivity contribution in [3.05, 3.63) is 71.8 Å². The van der Waals surface area contributed by atoms with Gasteiger partial charge >= 0.3 is 0 Å². The number of oxazole rings is 1. The van der Waals surface area contributed by atoms with Crippen LogP contribution < -0.4 is 10.6 Å². The molecular weight excluding hydrogens is 454 g/mol. The molecule has 0 saturated heterocycles. The van der Waals surface area contributed by atoms with Gasteiger partial charge in [-0.05, 0) is 72.2 Å². The van der Waals surface area contributed by atoms with Gasteiger partial charge in [0.1, 0.15) is 16.6 Å². The van der Waals surface area contributed by atoms with Crippen molar-refractivity contribution in [3.8, 4) is 11.5 Å². The molecule has 0 fully saturated rings. The van der Waals surface area contributed by atoms with Gasteiger partial charge in [-0.1, -0.05) is 26.0 Å². The molecule has 0 saturated carbocycles. The first-order chi connectivity index (χ1) is 16.0. The molecule has 164 valence electrons. The minimum atomic E-state index is -0.321. The second-order valence-electron chi connectivity index (χ2n) is 7.86. The molecule has 0 spiro atoms. The number of fused-ring (bicyclic) bond motifs is 2. The summed E-state index contributed by atoms with van der Waals surface area (Å²) in [5.41, 5.74) is 6.18. The number of nitrogens with one attached hydrogen (secondary N) is 2. The van der Waals surface area contributed by atoms with Crippen LogP contribution in [-0.4, -0.2) is 24.8 Å². The summed E-state index contributed by atoms with van der Waals surface area (Å²) in [6, 6.07) is 18.7. The van der Waals surface area contributed by atoms with Crippen molar-refractivity contribution >= 4 is 62.8 Å². The number of hydrogen-bond donors (Lipinski definition) is 2. The van der Waals surface area contributed by atoms with E-state index in [0.717, 1.165) is 33.9 Å². The summed E-state index contributed by atoms with van der Waals surface area (Å²) in [5.74, 6) is 0.617. The molecule has 0 bridgehead atoms. The van der Waals surface area contributed by atoms with E-state index < -0.39 is 0 Å². The van der Waals surface area contributed by atoms with Gasteiger partial charge in [-0.15, -0.1) is 0 Å². The Labute approximate surface area is 199 Å². The van der Waals surface area contributed by atoms with Crippen LogP contribution in [0.1, 0.15) is 35.7 Å². The molecule has 0 aliphatic heterocycles. The number of anilines is 1. The Balaban J connectivity index is 1.31. The first-order valence-corrected chi connectivity index (χ1v) is 11.5. The first kappa shape index (κ1) is 21.2. The zero-order valence-corrected chi connectivity index (χ0v) is 19.5. The molecule has 0 radical (unpaired) electrons. The van der Waals surface area contributed by atoms with Gasteiger partial charge in [-0.3, -0.25) is 10.1 Å². The van der Waals surface area contributed by atoms with Crippen LogP contribution in [0.25, 0.3) is 33.6 Å². The molecular formula is C24H19N5O2S2. The molecule has 5 aromatic rings. The van der Waals surface area contributed by atoms with Crippen molar-refractivity contribution < 1.29 is 9.21 Å². The van der Waals surface area contributed by atoms with E-state index in [1.807, 2.05) is 30.3 Å². The fourth-order valence-electron chi connectivity index (χ4n) is 3.42. The highest BCUT2D eigenvalue weighted by molar-refractivity contribution is 7.80. The van der Waals surface area contributed by atoms with E-state index in [1.165, 1.54) is 5.56 Å². The number of amides is 1. The van der Waals surface area contributed by atoms with Crippen molar-refractivity contribution in [2.45, 2.75) is 19.8 Å². The van der Waals surface area contributed by atoms with Crippen molar-refractivity contribution in [2.24, 2.45) is 0 Å². The van der Waals surface area contributed by atoms with Crippen LogP contribution in [0.5, 0.6) is 0 Å². The van der Waals surface area contributed by atoms with Gasteiger partial charge in [0.2, 0.25) is 5.89 Å². The number of carbonyl (C=O) groups excluding carboxylic acids is 1.